The molecule has 0 amide bonds. The van der Waals surface area contributed by atoms with Gasteiger partial charge in [-0.1, -0.05) is 121 Å². The standard InChI is InChI=1S/C48H62N2O2/c49-40-22-26-42(27-23-40)51-46-30-20-38(34-44(46)36-16-10-8-11-17-36)48(32-14-6-4-2-1-3-5-7-15-33-48)39-21-31-47(52-43-28-24-41(50)25-29-43)45(35-39)37-18-12-9-13-19-37/h20-31,34-37H,1-19,32-33,49-50H2. The van der Waals surface area contributed by atoms with Crippen LogP contribution >= 0.6 is 0 Å². The lowest BCUT2D eigenvalue weighted by Crippen LogP contribution is -2.29. The lowest BCUT2D eigenvalue weighted by Gasteiger charge is -2.38. The summed E-state index contributed by atoms with van der Waals surface area (Å²) in [6, 6.07) is 30.5. The highest BCUT2D eigenvalue weighted by molar-refractivity contribution is 5.53. The van der Waals surface area contributed by atoms with Crippen LogP contribution < -0.4 is 20.9 Å². The topological polar surface area (TPSA) is 70.5 Å². The van der Waals surface area contributed by atoms with Gasteiger partial charge in [0.2, 0.25) is 0 Å². The number of hydrogen-bond acceptors (Lipinski definition) is 4. The SMILES string of the molecule is Nc1ccc(Oc2ccc(C3(c4ccc(Oc5ccc(N)cc5)c(C5CCCCC5)c4)CCCCCCCCCCC3)cc2C2CCCCC2)cc1. The average molecular weight is 699 g/mol. The van der Waals surface area contributed by atoms with Gasteiger partial charge in [-0.2, -0.15) is 0 Å². The van der Waals surface area contributed by atoms with Gasteiger partial charge in [-0.15, -0.1) is 0 Å². The van der Waals surface area contributed by atoms with E-state index in [1.807, 2.05) is 48.5 Å². The Bertz CT molecular complexity index is 1570. The van der Waals surface area contributed by atoms with Gasteiger partial charge in [-0.05, 0) is 133 Å². The minimum atomic E-state index is -0.0640. The Labute approximate surface area is 313 Å². The summed E-state index contributed by atoms with van der Waals surface area (Å²) in [5.74, 6) is 4.78. The summed E-state index contributed by atoms with van der Waals surface area (Å²) in [6.45, 7) is 0. The zero-order chi connectivity index (χ0) is 35.6. The third kappa shape index (κ3) is 8.99. The van der Waals surface area contributed by atoms with Gasteiger partial charge in [0.1, 0.15) is 23.0 Å². The van der Waals surface area contributed by atoms with Crippen molar-refractivity contribution in [3.8, 4) is 23.0 Å². The van der Waals surface area contributed by atoms with E-state index in [1.54, 1.807) is 0 Å². The Hall–Kier alpha value is -3.92. The first kappa shape index (κ1) is 36.4. The van der Waals surface area contributed by atoms with E-state index < -0.39 is 0 Å². The Morgan fingerprint density at radius 3 is 1.13 bits per heavy atom. The van der Waals surface area contributed by atoms with Crippen LogP contribution in [0.1, 0.15) is 169 Å². The molecule has 0 aromatic heterocycles. The molecule has 0 spiro atoms. The van der Waals surface area contributed by atoms with Crippen LogP contribution in [-0.4, -0.2) is 0 Å². The van der Waals surface area contributed by atoms with Crippen molar-refractivity contribution in [1.82, 2.24) is 0 Å². The van der Waals surface area contributed by atoms with Crippen molar-refractivity contribution in [2.24, 2.45) is 0 Å². The lowest BCUT2D eigenvalue weighted by atomic mass is 9.66. The highest BCUT2D eigenvalue weighted by Gasteiger charge is 2.36. The number of benzene rings is 4. The Balaban J connectivity index is 1.34. The Kier molecular flexibility index (Phi) is 12.4. The van der Waals surface area contributed by atoms with E-state index in [9.17, 15) is 0 Å². The Morgan fingerprint density at radius 1 is 0.404 bits per heavy atom. The van der Waals surface area contributed by atoms with Gasteiger partial charge in [0.05, 0.1) is 0 Å². The van der Waals surface area contributed by atoms with Crippen molar-refractivity contribution in [1.29, 1.82) is 0 Å². The van der Waals surface area contributed by atoms with E-state index in [2.05, 4.69) is 36.4 Å². The molecule has 0 unspecified atom stereocenters. The van der Waals surface area contributed by atoms with Crippen LogP contribution in [-0.2, 0) is 5.41 Å². The normalized spacial score (nSPS) is 19.6. The molecule has 0 atom stereocenters. The quantitative estimate of drug-likeness (QED) is 0.180. The van der Waals surface area contributed by atoms with Gasteiger partial charge >= 0.3 is 0 Å². The molecule has 276 valence electrons. The predicted octanol–water partition coefficient (Wildman–Crippen LogP) is 14.1. The predicted molar refractivity (Wildman–Crippen MR) is 218 cm³/mol. The second kappa shape index (κ2) is 17.7. The van der Waals surface area contributed by atoms with Crippen LogP contribution in [0, 0.1) is 0 Å². The van der Waals surface area contributed by atoms with Gasteiger partial charge in [-0.3, -0.25) is 0 Å². The van der Waals surface area contributed by atoms with Gasteiger partial charge < -0.3 is 20.9 Å². The summed E-state index contributed by atoms with van der Waals surface area (Å²) in [5, 5.41) is 0. The number of nitrogens with two attached hydrogens (primary N) is 2. The minimum Gasteiger partial charge on any atom is -0.457 e. The highest BCUT2D eigenvalue weighted by atomic mass is 16.5. The molecule has 4 aromatic carbocycles. The number of rotatable bonds is 8. The number of anilines is 2. The fourth-order valence-corrected chi connectivity index (χ4v) is 9.63. The molecular weight excluding hydrogens is 637 g/mol. The maximum atomic E-state index is 6.71. The molecule has 0 heterocycles. The first-order valence-corrected chi connectivity index (χ1v) is 20.9. The van der Waals surface area contributed by atoms with Gasteiger partial charge in [0.25, 0.3) is 0 Å². The third-order valence-corrected chi connectivity index (χ3v) is 12.6. The Morgan fingerprint density at radius 2 is 0.750 bits per heavy atom. The fraction of sp³-hybridized carbons (Fsp3) is 0.500. The second-order valence-electron chi connectivity index (χ2n) is 16.3. The lowest BCUT2D eigenvalue weighted by molar-refractivity contribution is 0.377. The van der Waals surface area contributed by atoms with Crippen molar-refractivity contribution in [2.75, 3.05) is 11.5 Å². The van der Waals surface area contributed by atoms with Crippen molar-refractivity contribution < 1.29 is 9.47 Å². The minimum absolute atomic E-state index is 0.0640. The molecule has 4 heteroatoms. The largest absolute Gasteiger partial charge is 0.457 e. The molecule has 0 bridgehead atoms. The molecule has 3 aliphatic rings. The molecule has 0 aliphatic heterocycles. The number of ether oxygens (including phenoxy) is 2. The molecule has 52 heavy (non-hydrogen) atoms. The fourth-order valence-electron chi connectivity index (χ4n) is 9.63. The van der Waals surface area contributed by atoms with Crippen molar-refractivity contribution in [3.63, 3.8) is 0 Å². The maximum Gasteiger partial charge on any atom is 0.130 e. The summed E-state index contributed by atoms with van der Waals surface area (Å²) < 4.78 is 13.4. The van der Waals surface area contributed by atoms with Gasteiger partial charge in [0.15, 0.2) is 0 Å². The van der Waals surface area contributed by atoms with Crippen LogP contribution in [0.15, 0.2) is 84.9 Å². The molecule has 3 fully saturated rings. The van der Waals surface area contributed by atoms with Gasteiger partial charge in [0, 0.05) is 16.8 Å². The summed E-state index contributed by atoms with van der Waals surface area (Å²) in [6.07, 6.45) is 27.1. The number of nitrogen functional groups attached to an aromatic ring is 2. The molecule has 0 saturated heterocycles. The van der Waals surface area contributed by atoms with Crippen LogP contribution in [0.25, 0.3) is 0 Å². The summed E-state index contributed by atoms with van der Waals surface area (Å²) in [5.41, 5.74) is 19.3. The van der Waals surface area contributed by atoms with Crippen molar-refractivity contribution >= 4 is 11.4 Å². The van der Waals surface area contributed by atoms with Gasteiger partial charge in [-0.25, -0.2) is 0 Å². The molecule has 4 N–H and O–H groups in total. The van der Waals surface area contributed by atoms with Crippen LogP contribution in [0.3, 0.4) is 0 Å². The molecule has 3 saturated carbocycles. The van der Waals surface area contributed by atoms with E-state index in [0.29, 0.717) is 11.8 Å². The van der Waals surface area contributed by atoms with E-state index in [-0.39, 0.29) is 5.41 Å². The van der Waals surface area contributed by atoms with Crippen molar-refractivity contribution in [3.05, 3.63) is 107 Å². The smallest absolute Gasteiger partial charge is 0.130 e. The number of hydrogen-bond donors (Lipinski definition) is 2. The van der Waals surface area contributed by atoms with Crippen LogP contribution in [0.2, 0.25) is 0 Å². The second-order valence-corrected chi connectivity index (χ2v) is 16.3. The average Bonchev–Trinajstić information content (AvgIpc) is 3.18. The summed E-state index contributed by atoms with van der Waals surface area (Å²) >= 11 is 0. The van der Waals surface area contributed by atoms with E-state index >= 15 is 0 Å². The first-order chi connectivity index (χ1) is 25.6. The molecule has 0 radical (unpaired) electrons. The van der Waals surface area contributed by atoms with E-state index in [4.69, 9.17) is 20.9 Å². The molecule has 4 aromatic rings. The molecule has 7 rings (SSSR count). The molecular formula is C48H62N2O2. The maximum absolute atomic E-state index is 6.71. The first-order valence-electron chi connectivity index (χ1n) is 20.9. The monoisotopic (exact) mass is 698 g/mol. The molecule has 4 nitrogen and oxygen atoms in total. The van der Waals surface area contributed by atoms with E-state index in [1.165, 1.54) is 157 Å². The van der Waals surface area contributed by atoms with Crippen LogP contribution in [0.5, 0.6) is 23.0 Å². The highest BCUT2D eigenvalue weighted by Crippen LogP contribution is 2.49. The zero-order valence-electron chi connectivity index (χ0n) is 31.6. The zero-order valence-corrected chi connectivity index (χ0v) is 31.6. The van der Waals surface area contributed by atoms with Crippen molar-refractivity contribution in [2.45, 2.75) is 152 Å². The third-order valence-electron chi connectivity index (χ3n) is 12.6. The van der Waals surface area contributed by atoms with E-state index in [0.717, 1.165) is 34.4 Å². The summed E-state index contributed by atoms with van der Waals surface area (Å²) in [4.78, 5) is 0. The van der Waals surface area contributed by atoms with Crippen LogP contribution in [0.4, 0.5) is 11.4 Å². The summed E-state index contributed by atoms with van der Waals surface area (Å²) in [7, 11) is 0. The molecule has 3 aliphatic carbocycles.